The Kier molecular flexibility index (Phi) is 5.65. The van der Waals surface area contributed by atoms with Crippen molar-refractivity contribution >= 4 is 36.8 Å². The van der Waals surface area contributed by atoms with Crippen LogP contribution >= 0.6 is 0 Å². The van der Waals surface area contributed by atoms with Gasteiger partial charge in [-0.3, -0.25) is 0 Å². The molecule has 0 radical (unpaired) electrons. The van der Waals surface area contributed by atoms with Crippen LogP contribution in [0.15, 0.2) is 40.1 Å². The van der Waals surface area contributed by atoms with Crippen LogP contribution in [0.25, 0.3) is 33.5 Å². The van der Waals surface area contributed by atoms with Gasteiger partial charge in [-0.05, 0) is 35.9 Å². The first-order chi connectivity index (χ1) is 15.6. The zero-order valence-corrected chi connectivity index (χ0v) is 19.1. The number of aromatic amines is 1. The fourth-order valence-corrected chi connectivity index (χ4v) is 6.63. The second kappa shape index (κ2) is 8.18. The van der Waals surface area contributed by atoms with Crippen molar-refractivity contribution in [2.45, 2.75) is 16.2 Å². The molecule has 0 amide bonds. The maximum atomic E-state index is 13.0. The van der Waals surface area contributed by atoms with Crippen molar-refractivity contribution in [3.8, 4) is 22.5 Å². The molecule has 0 aliphatic carbocycles. The number of nitrogens with two attached hydrogens (primary N) is 3. The molecule has 0 unspecified atom stereocenters. The minimum Gasteiger partial charge on any atom is -0.369 e. The third-order valence-corrected chi connectivity index (χ3v) is 8.12. The van der Waals surface area contributed by atoms with E-state index in [2.05, 4.69) is 25.6 Å². The number of H-pyrrole nitrogens is 1. The highest BCUT2D eigenvalue weighted by atomic mass is 32.2. The lowest BCUT2D eigenvalue weighted by Gasteiger charge is -2.16. The van der Waals surface area contributed by atoms with Gasteiger partial charge in [0.25, 0.3) is 0 Å². The number of benzene rings is 2. The van der Waals surface area contributed by atoms with Crippen LogP contribution in [0.2, 0.25) is 0 Å². The number of nitrogens with zero attached hydrogens (tertiary/aromatic N) is 5. The number of nitrogens with one attached hydrogen (secondary N) is 1. The highest BCUT2D eigenvalue weighted by molar-refractivity contribution is 7.93. The van der Waals surface area contributed by atoms with E-state index in [4.69, 9.17) is 16.6 Å². The number of sulfonamides is 1. The highest BCUT2D eigenvalue weighted by Gasteiger charge is 2.32. The van der Waals surface area contributed by atoms with Crippen molar-refractivity contribution in [2.75, 3.05) is 18.0 Å². The summed E-state index contributed by atoms with van der Waals surface area (Å²) in [4.78, 5) is 3.29. The molecule has 4 aromatic rings. The number of tetrazole rings is 1. The minimum absolute atomic E-state index is 0.114. The second-order valence-electron chi connectivity index (χ2n) is 7.26. The van der Waals surface area contributed by atoms with Crippen LogP contribution in [-0.4, -0.2) is 59.3 Å². The quantitative estimate of drug-likeness (QED) is 0.266. The molecule has 13 nitrogen and oxygen atoms in total. The summed E-state index contributed by atoms with van der Waals surface area (Å²) in [5.41, 5.74) is 13.2. The lowest BCUT2D eigenvalue weighted by molar-refractivity contribution is 0.582. The van der Waals surface area contributed by atoms with Crippen LogP contribution in [0.5, 0.6) is 0 Å². The summed E-state index contributed by atoms with van der Waals surface area (Å²) in [5.74, 6) is -0.263. The number of sulfone groups is 1. The van der Waals surface area contributed by atoms with Crippen LogP contribution < -0.4 is 16.6 Å². The first-order valence-electron chi connectivity index (χ1n) is 9.64. The molecule has 7 N–H and O–H groups in total. The number of aromatic nitrogens is 6. The molecular weight excluding hydrogens is 470 g/mol. The first-order valence-corrected chi connectivity index (χ1v) is 12.8. The molecule has 0 saturated heterocycles. The van der Waals surface area contributed by atoms with Crippen molar-refractivity contribution in [1.82, 2.24) is 30.2 Å². The maximum Gasteiger partial charge on any atom is 0.240 e. The predicted molar refractivity (Wildman–Crippen MR) is 121 cm³/mol. The fourth-order valence-electron chi connectivity index (χ4n) is 3.64. The van der Waals surface area contributed by atoms with Crippen LogP contribution in [0.3, 0.4) is 0 Å². The maximum absolute atomic E-state index is 13.0. The van der Waals surface area contributed by atoms with Gasteiger partial charge in [0.2, 0.25) is 21.8 Å². The van der Waals surface area contributed by atoms with E-state index >= 15 is 0 Å². The van der Waals surface area contributed by atoms with Gasteiger partial charge in [-0.1, -0.05) is 18.2 Å². The average Bonchev–Trinajstić information content (AvgIpc) is 3.39. The van der Waals surface area contributed by atoms with Crippen LogP contribution in [0.1, 0.15) is 6.42 Å². The predicted octanol–water partition coefficient (Wildman–Crippen LogP) is -0.227. The van der Waals surface area contributed by atoms with Gasteiger partial charge in [-0.15, -0.1) is 10.2 Å². The molecular formula is C18H21N9O4S2. The third-order valence-electron chi connectivity index (χ3n) is 5.16. The standard InChI is InChI=1S/C18H21N9O4S2/c1-27-12-5-2-4-11(15(12)22-18(27)20)10-6-7-13(32(28,29)9-3-8-19)16(33(21,30)31)14(10)17-23-25-26-24-17/h2,4-7H,3,8-9,19H2,1H3,(H2,20,22)(H2,21,30,31)(H,23,24,25,26). The molecule has 2 aromatic carbocycles. The second-order valence-corrected chi connectivity index (χ2v) is 10.8. The zero-order valence-electron chi connectivity index (χ0n) is 17.4. The minimum atomic E-state index is -4.57. The number of imidazole rings is 1. The molecule has 0 aliphatic heterocycles. The molecule has 0 atom stereocenters. The van der Waals surface area contributed by atoms with E-state index in [9.17, 15) is 16.8 Å². The molecule has 0 aliphatic rings. The highest BCUT2D eigenvalue weighted by Crippen LogP contribution is 2.41. The van der Waals surface area contributed by atoms with Crippen LogP contribution in [0, 0.1) is 0 Å². The zero-order chi connectivity index (χ0) is 24.0. The molecule has 33 heavy (non-hydrogen) atoms. The molecule has 0 bridgehead atoms. The molecule has 15 heteroatoms. The summed E-state index contributed by atoms with van der Waals surface area (Å²) in [5, 5.41) is 19.1. The Morgan fingerprint density at radius 2 is 1.85 bits per heavy atom. The summed E-state index contributed by atoms with van der Waals surface area (Å²) in [6, 6.07) is 7.90. The van der Waals surface area contributed by atoms with E-state index in [1.54, 1.807) is 29.8 Å². The number of hydrogen-bond donors (Lipinski definition) is 4. The van der Waals surface area contributed by atoms with E-state index < -0.39 is 29.7 Å². The topological polar surface area (TPSA) is 219 Å². The van der Waals surface area contributed by atoms with Crippen molar-refractivity contribution in [1.29, 1.82) is 0 Å². The Morgan fingerprint density at radius 3 is 2.48 bits per heavy atom. The normalized spacial score (nSPS) is 12.5. The fraction of sp³-hybridized carbons (Fsp3) is 0.222. The number of rotatable bonds is 7. The Bertz CT molecular complexity index is 1560. The Labute approximate surface area is 189 Å². The van der Waals surface area contributed by atoms with Gasteiger partial charge in [0.05, 0.1) is 27.2 Å². The number of nitrogen functional groups attached to an aromatic ring is 1. The number of fused-ring (bicyclic) bond motifs is 1. The number of aryl methyl sites for hydroxylation is 1. The summed E-state index contributed by atoms with van der Waals surface area (Å²) in [7, 11) is -6.89. The number of hydrogen-bond acceptors (Lipinski definition) is 10. The average molecular weight is 492 g/mol. The number of para-hydroxylation sites is 1. The lowest BCUT2D eigenvalue weighted by Crippen LogP contribution is -2.21. The van der Waals surface area contributed by atoms with Gasteiger partial charge >= 0.3 is 0 Å². The molecule has 0 spiro atoms. The Hall–Kier alpha value is -3.40. The molecule has 0 fully saturated rings. The molecule has 4 rings (SSSR count). The third kappa shape index (κ3) is 3.95. The van der Waals surface area contributed by atoms with E-state index in [-0.39, 0.29) is 36.1 Å². The first kappa shape index (κ1) is 22.8. The van der Waals surface area contributed by atoms with E-state index in [0.29, 0.717) is 22.2 Å². The van der Waals surface area contributed by atoms with Gasteiger partial charge in [-0.2, -0.15) is 5.21 Å². The number of anilines is 1. The van der Waals surface area contributed by atoms with Crippen molar-refractivity contribution in [2.24, 2.45) is 17.9 Å². The van der Waals surface area contributed by atoms with Crippen molar-refractivity contribution < 1.29 is 16.8 Å². The summed E-state index contributed by atoms with van der Waals surface area (Å²) >= 11 is 0. The number of primary sulfonamides is 1. The van der Waals surface area contributed by atoms with Crippen LogP contribution in [-0.2, 0) is 26.9 Å². The van der Waals surface area contributed by atoms with Crippen LogP contribution in [0.4, 0.5) is 5.95 Å². The van der Waals surface area contributed by atoms with Crippen molar-refractivity contribution in [3.05, 3.63) is 30.3 Å². The van der Waals surface area contributed by atoms with Gasteiger partial charge in [0, 0.05) is 12.6 Å². The van der Waals surface area contributed by atoms with E-state index in [0.717, 1.165) is 0 Å². The molecule has 174 valence electrons. The SMILES string of the molecule is Cn1c(N)nc2c(-c3ccc(S(=O)(=O)CCCN)c(S(N)(=O)=O)c3-c3nn[nH]n3)cccc21. The summed E-state index contributed by atoms with van der Waals surface area (Å²) in [6.45, 7) is 0.114. The molecule has 2 aromatic heterocycles. The molecule has 2 heterocycles. The van der Waals surface area contributed by atoms with E-state index in [1.165, 1.54) is 12.1 Å². The van der Waals surface area contributed by atoms with Crippen molar-refractivity contribution in [3.63, 3.8) is 0 Å². The van der Waals surface area contributed by atoms with Gasteiger partial charge < -0.3 is 16.0 Å². The van der Waals surface area contributed by atoms with Gasteiger partial charge in [0.1, 0.15) is 4.90 Å². The largest absolute Gasteiger partial charge is 0.369 e. The smallest absolute Gasteiger partial charge is 0.240 e. The Balaban J connectivity index is 2.15. The summed E-state index contributed by atoms with van der Waals surface area (Å²) in [6.07, 6.45) is 0.137. The molecule has 0 saturated carbocycles. The monoisotopic (exact) mass is 491 g/mol. The van der Waals surface area contributed by atoms with E-state index in [1.807, 2.05) is 0 Å². The van der Waals surface area contributed by atoms with Gasteiger partial charge in [-0.25, -0.2) is 27.0 Å². The lowest BCUT2D eigenvalue weighted by atomic mass is 9.98. The Morgan fingerprint density at radius 1 is 1.09 bits per heavy atom. The van der Waals surface area contributed by atoms with Gasteiger partial charge in [0.15, 0.2) is 9.84 Å². The summed E-state index contributed by atoms with van der Waals surface area (Å²) < 4.78 is 53.2.